The molecule has 3 aromatic rings. The van der Waals surface area contributed by atoms with Crippen LogP contribution in [0.3, 0.4) is 0 Å². The SMILES string of the molecule is CC(C)Oc1ccc(-c2cc(-c3cccc(Br)c3)n[nH]2)cc1Cl. The summed E-state index contributed by atoms with van der Waals surface area (Å²) in [6.45, 7) is 3.95. The summed E-state index contributed by atoms with van der Waals surface area (Å²) in [6, 6.07) is 15.8. The first kappa shape index (κ1) is 16.1. The number of rotatable bonds is 4. The molecule has 3 rings (SSSR count). The van der Waals surface area contributed by atoms with E-state index in [1.807, 2.05) is 62.4 Å². The standard InChI is InChI=1S/C18H16BrClN2O/c1-11(2)23-18-7-6-13(9-15(18)20)17-10-16(21-22-17)12-4-3-5-14(19)8-12/h3-11H,1-2H3,(H,21,22). The van der Waals surface area contributed by atoms with Crippen molar-refractivity contribution in [2.45, 2.75) is 20.0 Å². The molecule has 1 aromatic heterocycles. The van der Waals surface area contributed by atoms with E-state index in [1.54, 1.807) is 0 Å². The minimum Gasteiger partial charge on any atom is -0.489 e. The Labute approximate surface area is 148 Å². The van der Waals surface area contributed by atoms with Crippen LogP contribution >= 0.6 is 27.5 Å². The number of nitrogens with one attached hydrogen (secondary N) is 1. The van der Waals surface area contributed by atoms with Crippen LogP contribution in [0.25, 0.3) is 22.5 Å². The highest BCUT2D eigenvalue weighted by Crippen LogP contribution is 2.32. The number of nitrogens with zero attached hydrogens (tertiary/aromatic N) is 1. The van der Waals surface area contributed by atoms with Gasteiger partial charge >= 0.3 is 0 Å². The zero-order valence-electron chi connectivity index (χ0n) is 12.8. The van der Waals surface area contributed by atoms with Crippen molar-refractivity contribution in [3.8, 4) is 28.3 Å². The van der Waals surface area contributed by atoms with Gasteiger partial charge in [-0.15, -0.1) is 0 Å². The average molecular weight is 392 g/mol. The van der Waals surface area contributed by atoms with Crippen LogP contribution in [0.2, 0.25) is 5.02 Å². The van der Waals surface area contributed by atoms with Crippen LogP contribution in [0.1, 0.15) is 13.8 Å². The minimum atomic E-state index is 0.0913. The summed E-state index contributed by atoms with van der Waals surface area (Å²) in [5.74, 6) is 0.692. The number of aromatic nitrogens is 2. The molecule has 0 saturated carbocycles. The number of benzene rings is 2. The zero-order valence-corrected chi connectivity index (χ0v) is 15.1. The van der Waals surface area contributed by atoms with E-state index in [-0.39, 0.29) is 6.10 Å². The van der Waals surface area contributed by atoms with Crippen molar-refractivity contribution < 1.29 is 4.74 Å². The van der Waals surface area contributed by atoms with Gasteiger partial charge in [0.05, 0.1) is 22.5 Å². The molecule has 1 N–H and O–H groups in total. The molecule has 0 atom stereocenters. The van der Waals surface area contributed by atoms with Crippen LogP contribution in [-0.2, 0) is 0 Å². The van der Waals surface area contributed by atoms with Gasteiger partial charge in [-0.05, 0) is 50.2 Å². The van der Waals surface area contributed by atoms with Crippen molar-refractivity contribution >= 4 is 27.5 Å². The number of aromatic amines is 1. The Morgan fingerprint density at radius 3 is 2.61 bits per heavy atom. The van der Waals surface area contributed by atoms with Gasteiger partial charge in [-0.2, -0.15) is 5.10 Å². The zero-order chi connectivity index (χ0) is 16.4. The van der Waals surface area contributed by atoms with Gasteiger partial charge in [-0.3, -0.25) is 5.10 Å². The number of H-pyrrole nitrogens is 1. The van der Waals surface area contributed by atoms with Gasteiger partial charge in [0.1, 0.15) is 5.75 Å². The molecule has 0 aliphatic carbocycles. The summed E-state index contributed by atoms with van der Waals surface area (Å²) < 4.78 is 6.69. The van der Waals surface area contributed by atoms with E-state index in [4.69, 9.17) is 16.3 Å². The fraction of sp³-hybridized carbons (Fsp3) is 0.167. The lowest BCUT2D eigenvalue weighted by molar-refractivity contribution is 0.242. The summed E-state index contributed by atoms with van der Waals surface area (Å²) in [6.07, 6.45) is 0.0913. The molecule has 0 saturated heterocycles. The first-order valence-electron chi connectivity index (χ1n) is 7.31. The molecule has 1 heterocycles. The van der Waals surface area contributed by atoms with E-state index < -0.39 is 0 Å². The maximum Gasteiger partial charge on any atom is 0.138 e. The molecule has 0 bridgehead atoms. The second kappa shape index (κ2) is 6.77. The van der Waals surface area contributed by atoms with Crippen LogP contribution in [0.15, 0.2) is 53.0 Å². The van der Waals surface area contributed by atoms with E-state index in [9.17, 15) is 0 Å². The first-order valence-corrected chi connectivity index (χ1v) is 8.48. The number of hydrogen-bond acceptors (Lipinski definition) is 2. The molecule has 2 aromatic carbocycles. The maximum absolute atomic E-state index is 6.30. The number of halogens is 2. The molecule has 5 heteroatoms. The van der Waals surface area contributed by atoms with Gasteiger partial charge in [-0.1, -0.05) is 39.7 Å². The largest absolute Gasteiger partial charge is 0.489 e. The molecule has 23 heavy (non-hydrogen) atoms. The lowest BCUT2D eigenvalue weighted by atomic mass is 10.1. The summed E-state index contributed by atoms with van der Waals surface area (Å²) in [4.78, 5) is 0. The Bertz CT molecular complexity index is 829. The molecule has 0 aliphatic heterocycles. The Balaban J connectivity index is 1.90. The van der Waals surface area contributed by atoms with E-state index in [0.717, 1.165) is 27.0 Å². The monoisotopic (exact) mass is 390 g/mol. The Hall–Kier alpha value is -1.78. The molecular formula is C18H16BrClN2O. The van der Waals surface area contributed by atoms with E-state index in [0.29, 0.717) is 10.8 Å². The lowest BCUT2D eigenvalue weighted by Gasteiger charge is -2.11. The molecule has 3 nitrogen and oxygen atoms in total. The number of ether oxygens (including phenoxy) is 1. The molecule has 0 aliphatic rings. The second-order valence-corrected chi connectivity index (χ2v) is 6.81. The van der Waals surface area contributed by atoms with Crippen molar-refractivity contribution in [1.82, 2.24) is 10.2 Å². The van der Waals surface area contributed by atoms with Crippen LogP contribution in [0.5, 0.6) is 5.75 Å². The van der Waals surface area contributed by atoms with E-state index >= 15 is 0 Å². The molecule has 0 unspecified atom stereocenters. The Morgan fingerprint density at radius 2 is 1.91 bits per heavy atom. The van der Waals surface area contributed by atoms with Crippen molar-refractivity contribution in [3.63, 3.8) is 0 Å². The van der Waals surface area contributed by atoms with Gasteiger partial charge in [0.25, 0.3) is 0 Å². The third kappa shape index (κ3) is 3.77. The highest BCUT2D eigenvalue weighted by molar-refractivity contribution is 9.10. The third-order valence-electron chi connectivity index (χ3n) is 3.30. The predicted octanol–water partition coefficient (Wildman–Crippen LogP) is 5.95. The van der Waals surface area contributed by atoms with Crippen molar-refractivity contribution in [2.24, 2.45) is 0 Å². The molecule has 0 fully saturated rings. The molecule has 0 amide bonds. The Kier molecular flexibility index (Phi) is 4.74. The van der Waals surface area contributed by atoms with Crippen LogP contribution < -0.4 is 4.74 Å². The Morgan fingerprint density at radius 1 is 1.09 bits per heavy atom. The maximum atomic E-state index is 6.30. The fourth-order valence-corrected chi connectivity index (χ4v) is 2.91. The van der Waals surface area contributed by atoms with Crippen molar-refractivity contribution in [1.29, 1.82) is 0 Å². The van der Waals surface area contributed by atoms with Gasteiger partial charge in [0.2, 0.25) is 0 Å². The second-order valence-electron chi connectivity index (χ2n) is 5.49. The highest BCUT2D eigenvalue weighted by atomic mass is 79.9. The van der Waals surface area contributed by atoms with E-state index in [2.05, 4.69) is 26.1 Å². The molecular weight excluding hydrogens is 376 g/mol. The van der Waals surface area contributed by atoms with Gasteiger partial charge in [0.15, 0.2) is 0 Å². The fourth-order valence-electron chi connectivity index (χ4n) is 2.28. The van der Waals surface area contributed by atoms with Crippen molar-refractivity contribution in [2.75, 3.05) is 0 Å². The minimum absolute atomic E-state index is 0.0913. The highest BCUT2D eigenvalue weighted by Gasteiger charge is 2.10. The summed E-state index contributed by atoms with van der Waals surface area (Å²) in [5.41, 5.74) is 3.82. The molecule has 118 valence electrons. The molecule has 0 spiro atoms. The van der Waals surface area contributed by atoms with E-state index in [1.165, 1.54) is 0 Å². The first-order chi connectivity index (χ1) is 11.0. The summed E-state index contributed by atoms with van der Waals surface area (Å²) in [5, 5.41) is 8.04. The van der Waals surface area contributed by atoms with Gasteiger partial charge < -0.3 is 4.74 Å². The summed E-state index contributed by atoms with van der Waals surface area (Å²) >= 11 is 9.78. The number of hydrogen-bond donors (Lipinski definition) is 1. The normalized spacial score (nSPS) is 11.0. The van der Waals surface area contributed by atoms with Crippen LogP contribution in [0.4, 0.5) is 0 Å². The van der Waals surface area contributed by atoms with Gasteiger partial charge in [0, 0.05) is 15.6 Å². The van der Waals surface area contributed by atoms with Crippen LogP contribution in [0, 0.1) is 0 Å². The molecule has 0 radical (unpaired) electrons. The quantitative estimate of drug-likeness (QED) is 0.597. The topological polar surface area (TPSA) is 37.9 Å². The van der Waals surface area contributed by atoms with Crippen molar-refractivity contribution in [3.05, 3.63) is 58.0 Å². The summed E-state index contributed by atoms with van der Waals surface area (Å²) in [7, 11) is 0. The smallest absolute Gasteiger partial charge is 0.138 e. The van der Waals surface area contributed by atoms with Gasteiger partial charge in [-0.25, -0.2) is 0 Å². The lowest BCUT2D eigenvalue weighted by Crippen LogP contribution is -2.05. The third-order valence-corrected chi connectivity index (χ3v) is 4.09. The predicted molar refractivity (Wildman–Crippen MR) is 97.9 cm³/mol. The van der Waals surface area contributed by atoms with Crippen LogP contribution in [-0.4, -0.2) is 16.3 Å². The average Bonchev–Trinajstić information content (AvgIpc) is 2.99.